The Kier molecular flexibility index (Phi) is 4.11. The molecule has 0 saturated carbocycles. The predicted octanol–water partition coefficient (Wildman–Crippen LogP) is 0.684. The molecular formula is C16H19N3O3. The number of hydrogen-bond donors (Lipinski definition) is 2. The van der Waals surface area contributed by atoms with E-state index in [1.807, 2.05) is 30.5 Å². The number of nitrogens with one attached hydrogen (secondary N) is 2. The van der Waals surface area contributed by atoms with Gasteiger partial charge in [0.05, 0.1) is 12.5 Å². The van der Waals surface area contributed by atoms with Gasteiger partial charge in [-0.15, -0.1) is 0 Å². The normalized spacial score (nSPS) is 18.7. The van der Waals surface area contributed by atoms with Crippen LogP contribution in [-0.4, -0.2) is 54.5 Å². The molecule has 1 aromatic carbocycles. The molecule has 116 valence electrons. The van der Waals surface area contributed by atoms with Gasteiger partial charge in [-0.2, -0.15) is 0 Å². The molecule has 1 saturated heterocycles. The van der Waals surface area contributed by atoms with E-state index >= 15 is 0 Å². The highest BCUT2D eigenvalue weighted by atomic mass is 16.5. The Labute approximate surface area is 128 Å². The van der Waals surface area contributed by atoms with Crippen molar-refractivity contribution in [2.45, 2.75) is 12.5 Å². The molecule has 0 aliphatic carbocycles. The van der Waals surface area contributed by atoms with Crippen LogP contribution in [0, 0.1) is 0 Å². The topological polar surface area (TPSA) is 74.4 Å². The second-order valence-corrected chi connectivity index (χ2v) is 5.55. The lowest BCUT2D eigenvalue weighted by molar-refractivity contribution is -0.146. The predicted molar refractivity (Wildman–Crippen MR) is 82.4 cm³/mol. The molecule has 1 aliphatic rings. The minimum absolute atomic E-state index is 0.0265. The third-order valence-corrected chi connectivity index (χ3v) is 3.90. The summed E-state index contributed by atoms with van der Waals surface area (Å²) in [6.45, 7) is 1.00. The van der Waals surface area contributed by atoms with E-state index in [0.29, 0.717) is 19.5 Å². The number of nitrogens with zero attached hydrogens (tertiary/aromatic N) is 1. The van der Waals surface area contributed by atoms with Gasteiger partial charge in [0, 0.05) is 37.2 Å². The summed E-state index contributed by atoms with van der Waals surface area (Å²) >= 11 is 0. The molecule has 1 unspecified atom stereocenters. The van der Waals surface area contributed by atoms with Crippen LogP contribution in [0.1, 0.15) is 5.56 Å². The highest BCUT2D eigenvalue weighted by Gasteiger charge is 2.23. The molecule has 6 nitrogen and oxygen atoms in total. The van der Waals surface area contributed by atoms with E-state index < -0.39 is 0 Å². The molecule has 2 amide bonds. The maximum atomic E-state index is 12.1. The number of benzene rings is 1. The molecule has 22 heavy (non-hydrogen) atoms. The number of aromatic amines is 1. The number of aromatic nitrogens is 1. The van der Waals surface area contributed by atoms with Gasteiger partial charge in [0.2, 0.25) is 11.8 Å². The summed E-state index contributed by atoms with van der Waals surface area (Å²) in [7, 11) is 1.74. The van der Waals surface area contributed by atoms with Crippen molar-refractivity contribution in [2.24, 2.45) is 0 Å². The van der Waals surface area contributed by atoms with Crippen LogP contribution in [-0.2, 0) is 20.7 Å². The van der Waals surface area contributed by atoms with Gasteiger partial charge in [-0.05, 0) is 11.6 Å². The fourth-order valence-electron chi connectivity index (χ4n) is 2.62. The number of fused-ring (bicyclic) bond motifs is 1. The Hall–Kier alpha value is -2.34. The first-order valence-electron chi connectivity index (χ1n) is 7.31. The zero-order chi connectivity index (χ0) is 15.5. The lowest BCUT2D eigenvalue weighted by Gasteiger charge is -2.29. The number of morpholine rings is 1. The zero-order valence-corrected chi connectivity index (χ0v) is 12.5. The van der Waals surface area contributed by atoms with Crippen LogP contribution in [0.15, 0.2) is 30.5 Å². The average molecular weight is 301 g/mol. The summed E-state index contributed by atoms with van der Waals surface area (Å²) in [5, 5.41) is 3.94. The standard InChI is InChI=1S/C16H19N3O3/c1-19-9-12(22-10-16(19)21)8-18-15(20)6-11-7-17-14-5-3-2-4-13(11)14/h2-5,7,12,17H,6,8-10H2,1H3,(H,18,20). The van der Waals surface area contributed by atoms with Crippen LogP contribution in [0.2, 0.25) is 0 Å². The lowest BCUT2D eigenvalue weighted by atomic mass is 10.1. The molecule has 0 radical (unpaired) electrons. The van der Waals surface area contributed by atoms with E-state index in [1.54, 1.807) is 11.9 Å². The summed E-state index contributed by atoms with van der Waals surface area (Å²) in [4.78, 5) is 28.2. The first-order valence-corrected chi connectivity index (χ1v) is 7.31. The summed E-state index contributed by atoms with van der Waals surface area (Å²) in [5.74, 6) is -0.0747. The van der Waals surface area contributed by atoms with Crippen LogP contribution in [0.3, 0.4) is 0 Å². The molecule has 1 atom stereocenters. The van der Waals surface area contributed by atoms with Crippen molar-refractivity contribution in [3.63, 3.8) is 0 Å². The maximum Gasteiger partial charge on any atom is 0.248 e. The van der Waals surface area contributed by atoms with Crippen molar-refractivity contribution in [3.05, 3.63) is 36.0 Å². The van der Waals surface area contributed by atoms with E-state index in [2.05, 4.69) is 10.3 Å². The van der Waals surface area contributed by atoms with Crippen LogP contribution in [0.25, 0.3) is 10.9 Å². The number of likely N-dealkylation sites (N-methyl/N-ethyl adjacent to an activating group) is 1. The molecular weight excluding hydrogens is 282 g/mol. The Morgan fingerprint density at radius 1 is 1.45 bits per heavy atom. The van der Waals surface area contributed by atoms with Gasteiger partial charge in [0.25, 0.3) is 0 Å². The molecule has 2 heterocycles. The number of rotatable bonds is 4. The number of H-pyrrole nitrogens is 1. The Balaban J connectivity index is 1.53. The zero-order valence-electron chi connectivity index (χ0n) is 12.5. The SMILES string of the molecule is CN1CC(CNC(=O)Cc2c[nH]c3ccccc23)OCC1=O. The second kappa shape index (κ2) is 6.19. The monoisotopic (exact) mass is 301 g/mol. The van der Waals surface area contributed by atoms with Gasteiger partial charge in [-0.25, -0.2) is 0 Å². The van der Waals surface area contributed by atoms with Crippen LogP contribution in [0.4, 0.5) is 0 Å². The Bertz CT molecular complexity index is 695. The lowest BCUT2D eigenvalue weighted by Crippen LogP contribution is -2.48. The van der Waals surface area contributed by atoms with E-state index in [4.69, 9.17) is 4.74 Å². The van der Waals surface area contributed by atoms with Crippen LogP contribution < -0.4 is 5.32 Å². The molecule has 2 aromatic rings. The van der Waals surface area contributed by atoms with Crippen molar-refractivity contribution in [3.8, 4) is 0 Å². The summed E-state index contributed by atoms with van der Waals surface area (Å²) < 4.78 is 5.40. The van der Waals surface area contributed by atoms with E-state index in [1.165, 1.54) is 0 Å². The van der Waals surface area contributed by atoms with Crippen LogP contribution >= 0.6 is 0 Å². The number of carbonyl (C=O) groups is 2. The number of ether oxygens (including phenoxy) is 1. The minimum Gasteiger partial charge on any atom is -0.365 e. The molecule has 0 bridgehead atoms. The van der Waals surface area contributed by atoms with Crippen LogP contribution in [0.5, 0.6) is 0 Å². The number of carbonyl (C=O) groups excluding carboxylic acids is 2. The summed E-state index contributed by atoms with van der Waals surface area (Å²) in [6.07, 6.45) is 2.05. The Morgan fingerprint density at radius 2 is 2.27 bits per heavy atom. The highest BCUT2D eigenvalue weighted by molar-refractivity contribution is 5.88. The largest absolute Gasteiger partial charge is 0.365 e. The molecule has 2 N–H and O–H groups in total. The van der Waals surface area contributed by atoms with Crippen molar-refractivity contribution >= 4 is 22.7 Å². The van der Waals surface area contributed by atoms with Gasteiger partial charge in [-0.3, -0.25) is 9.59 Å². The molecule has 1 aliphatic heterocycles. The number of amides is 2. The molecule has 6 heteroatoms. The second-order valence-electron chi connectivity index (χ2n) is 5.55. The van der Waals surface area contributed by atoms with E-state index in [0.717, 1.165) is 16.5 Å². The molecule has 1 fully saturated rings. The maximum absolute atomic E-state index is 12.1. The summed E-state index contributed by atoms with van der Waals surface area (Å²) in [6, 6.07) is 7.90. The van der Waals surface area contributed by atoms with Crippen molar-refractivity contribution in [1.29, 1.82) is 0 Å². The fraction of sp³-hybridized carbons (Fsp3) is 0.375. The van der Waals surface area contributed by atoms with Crippen molar-refractivity contribution in [2.75, 3.05) is 26.7 Å². The molecule has 1 aromatic heterocycles. The van der Waals surface area contributed by atoms with Gasteiger partial charge in [0.1, 0.15) is 6.61 Å². The first-order chi connectivity index (χ1) is 10.6. The van der Waals surface area contributed by atoms with Gasteiger partial charge < -0.3 is 19.9 Å². The third kappa shape index (κ3) is 3.12. The van der Waals surface area contributed by atoms with Gasteiger partial charge in [0.15, 0.2) is 0 Å². The minimum atomic E-state index is -0.144. The summed E-state index contributed by atoms with van der Waals surface area (Å²) in [5.41, 5.74) is 2.01. The van der Waals surface area contributed by atoms with Gasteiger partial charge >= 0.3 is 0 Å². The van der Waals surface area contributed by atoms with Crippen molar-refractivity contribution in [1.82, 2.24) is 15.2 Å². The average Bonchev–Trinajstić information content (AvgIpc) is 2.92. The quantitative estimate of drug-likeness (QED) is 0.872. The van der Waals surface area contributed by atoms with Crippen molar-refractivity contribution < 1.29 is 14.3 Å². The highest BCUT2D eigenvalue weighted by Crippen LogP contribution is 2.17. The van der Waals surface area contributed by atoms with E-state index in [-0.39, 0.29) is 24.5 Å². The fourth-order valence-corrected chi connectivity index (χ4v) is 2.62. The van der Waals surface area contributed by atoms with Gasteiger partial charge in [-0.1, -0.05) is 18.2 Å². The third-order valence-electron chi connectivity index (χ3n) is 3.90. The van der Waals surface area contributed by atoms with E-state index in [9.17, 15) is 9.59 Å². The molecule has 3 rings (SSSR count). The Morgan fingerprint density at radius 3 is 3.09 bits per heavy atom. The smallest absolute Gasteiger partial charge is 0.248 e. The molecule has 0 spiro atoms. The first kappa shape index (κ1) is 14.6. The number of hydrogen-bond acceptors (Lipinski definition) is 3. The number of para-hydroxylation sites is 1.